The maximum Gasteiger partial charge on any atom is 0.270 e. The number of nitrogens with zero attached hydrogens (tertiary/aromatic N) is 2. The predicted octanol–water partition coefficient (Wildman–Crippen LogP) is 5.34. The first-order valence-electron chi connectivity index (χ1n) is 10.2. The van der Waals surface area contributed by atoms with Crippen molar-refractivity contribution in [3.63, 3.8) is 0 Å². The van der Waals surface area contributed by atoms with Crippen molar-refractivity contribution in [2.24, 2.45) is 5.73 Å². The third kappa shape index (κ3) is 6.15. The minimum absolute atomic E-state index is 0.0938. The number of nitrogens with one attached hydrogen (secondary N) is 2. The van der Waals surface area contributed by atoms with Crippen molar-refractivity contribution in [3.05, 3.63) is 113 Å². The highest BCUT2D eigenvalue weighted by Crippen LogP contribution is 2.25. The lowest BCUT2D eigenvalue weighted by Crippen LogP contribution is -2.31. The van der Waals surface area contributed by atoms with Gasteiger partial charge in [-0.15, -0.1) is 0 Å². The van der Waals surface area contributed by atoms with Gasteiger partial charge in [0.2, 0.25) is 6.10 Å². The lowest BCUT2D eigenvalue weighted by Gasteiger charge is -2.20. The zero-order valence-electron chi connectivity index (χ0n) is 18.3. The molecule has 1 amide bonds. The molecule has 3 aromatic rings. The number of aromatic nitrogens is 2. The van der Waals surface area contributed by atoms with E-state index in [1.54, 1.807) is 53.1 Å². The van der Waals surface area contributed by atoms with Crippen LogP contribution in [-0.4, -0.2) is 21.3 Å². The second-order valence-corrected chi connectivity index (χ2v) is 7.82. The molecule has 174 valence electrons. The predicted molar refractivity (Wildman–Crippen MR) is 136 cm³/mol. The van der Waals surface area contributed by atoms with E-state index in [-0.39, 0.29) is 16.1 Å². The van der Waals surface area contributed by atoms with E-state index >= 15 is 0 Å². The van der Waals surface area contributed by atoms with Crippen molar-refractivity contribution in [1.29, 1.82) is 5.41 Å². The Hall–Kier alpha value is -3.81. The Labute approximate surface area is 207 Å². The van der Waals surface area contributed by atoms with E-state index in [4.69, 9.17) is 39.1 Å². The van der Waals surface area contributed by atoms with Gasteiger partial charge in [-0.3, -0.25) is 14.8 Å². The third-order valence-corrected chi connectivity index (χ3v) is 5.46. The molecule has 0 aliphatic rings. The molecule has 0 bridgehead atoms. The average molecular weight is 496 g/mol. The molecule has 0 spiro atoms. The van der Waals surface area contributed by atoms with Crippen molar-refractivity contribution in [3.8, 4) is 5.75 Å². The largest absolute Gasteiger partial charge is 0.476 e. The molecule has 0 saturated carbocycles. The lowest BCUT2D eigenvalue weighted by molar-refractivity contribution is -0.127. The number of ether oxygens (including phenoxy) is 1. The van der Waals surface area contributed by atoms with Crippen LogP contribution >= 0.6 is 23.2 Å². The van der Waals surface area contributed by atoms with Crippen molar-refractivity contribution < 1.29 is 9.53 Å². The van der Waals surface area contributed by atoms with Crippen LogP contribution in [0.1, 0.15) is 24.2 Å². The molecular formula is C25H23Cl2N5O2. The van der Waals surface area contributed by atoms with Gasteiger partial charge in [-0.25, -0.2) is 4.98 Å². The molecule has 0 aliphatic carbocycles. The van der Waals surface area contributed by atoms with Gasteiger partial charge in [-0.1, -0.05) is 78.3 Å². The van der Waals surface area contributed by atoms with E-state index in [0.717, 1.165) is 0 Å². The minimum Gasteiger partial charge on any atom is -0.476 e. The number of nitrogen functional groups attached to an aromatic ring is 1. The number of amides is 1. The molecule has 7 nitrogen and oxygen atoms in total. The highest BCUT2D eigenvalue weighted by molar-refractivity contribution is 6.40. The second-order valence-electron chi connectivity index (χ2n) is 7.11. The number of rotatable bonds is 9. The monoisotopic (exact) mass is 495 g/mol. The van der Waals surface area contributed by atoms with Gasteiger partial charge in [0.05, 0.1) is 0 Å². The number of benzene rings is 2. The van der Waals surface area contributed by atoms with E-state index in [2.05, 4.69) is 16.9 Å². The summed E-state index contributed by atoms with van der Waals surface area (Å²) < 4.78 is 7.61. The Kier molecular flexibility index (Phi) is 8.29. The molecule has 4 N–H and O–H groups in total. The Morgan fingerprint density at radius 3 is 2.56 bits per heavy atom. The van der Waals surface area contributed by atoms with Crippen LogP contribution in [0.2, 0.25) is 10.3 Å². The highest BCUT2D eigenvalue weighted by atomic mass is 35.5. The summed E-state index contributed by atoms with van der Waals surface area (Å²) in [6, 6.07) is 15.8. The van der Waals surface area contributed by atoms with Gasteiger partial charge in [0.1, 0.15) is 17.9 Å². The zero-order valence-corrected chi connectivity index (χ0v) is 19.8. The number of halogens is 2. The number of carbonyl (C=O) groups is 1. The van der Waals surface area contributed by atoms with Crippen LogP contribution in [0.5, 0.6) is 5.75 Å². The Morgan fingerprint density at radius 2 is 1.94 bits per heavy atom. The summed E-state index contributed by atoms with van der Waals surface area (Å²) in [5, 5.41) is 10.9. The van der Waals surface area contributed by atoms with Crippen molar-refractivity contribution in [2.45, 2.75) is 13.0 Å². The molecule has 0 fully saturated rings. The SMILES string of the molecule is C=C(/C=C\C(=C/C)n1cnc(Cl)c1Cl)NC(=O)C(Oc1cccc(C(=N)N)c1)c1ccccc1. The summed E-state index contributed by atoms with van der Waals surface area (Å²) in [5.41, 5.74) is 7.75. The van der Waals surface area contributed by atoms with Crippen LogP contribution < -0.4 is 15.8 Å². The highest BCUT2D eigenvalue weighted by Gasteiger charge is 2.23. The van der Waals surface area contributed by atoms with Crippen LogP contribution in [0.15, 0.2) is 91.4 Å². The van der Waals surface area contributed by atoms with Gasteiger partial charge in [0.25, 0.3) is 5.91 Å². The van der Waals surface area contributed by atoms with E-state index in [9.17, 15) is 4.79 Å². The second kappa shape index (κ2) is 11.4. The normalized spacial score (nSPS) is 12.4. The maximum atomic E-state index is 13.2. The van der Waals surface area contributed by atoms with Gasteiger partial charge >= 0.3 is 0 Å². The fourth-order valence-corrected chi connectivity index (χ4v) is 3.36. The standard InChI is InChI=1S/C25H23Cl2N5O2/c1-3-19(32-15-30-22(26)23(32)27)13-12-16(2)31-25(33)21(17-8-5-4-6-9-17)34-20-11-7-10-18(14-20)24(28)29/h3-15,21H,2H2,1H3,(H3,28,29)(H,31,33)/b13-12-,19-3+. The Balaban J connectivity index is 1.78. The van der Waals surface area contributed by atoms with E-state index in [0.29, 0.717) is 28.3 Å². The smallest absolute Gasteiger partial charge is 0.270 e. The molecular weight excluding hydrogens is 473 g/mol. The summed E-state index contributed by atoms with van der Waals surface area (Å²) in [5.74, 6) is -0.107. The lowest BCUT2D eigenvalue weighted by atomic mass is 10.1. The number of hydrogen-bond donors (Lipinski definition) is 3. The number of allylic oxidation sites excluding steroid dienone is 4. The quantitative estimate of drug-likeness (QED) is 0.211. The van der Waals surface area contributed by atoms with Crippen LogP contribution in [-0.2, 0) is 4.79 Å². The number of carbonyl (C=O) groups excluding carboxylic acids is 1. The van der Waals surface area contributed by atoms with Gasteiger partial charge in [0, 0.05) is 22.5 Å². The summed E-state index contributed by atoms with van der Waals surface area (Å²) in [7, 11) is 0. The van der Waals surface area contributed by atoms with Crippen molar-refractivity contribution >= 4 is 40.6 Å². The van der Waals surface area contributed by atoms with E-state index < -0.39 is 12.0 Å². The molecule has 0 aliphatic heterocycles. The number of imidazole rings is 1. The number of nitrogens with two attached hydrogens (primary N) is 1. The topological polar surface area (TPSA) is 106 Å². The van der Waals surface area contributed by atoms with Gasteiger partial charge in [0.15, 0.2) is 10.3 Å². The first kappa shape index (κ1) is 24.8. The molecule has 1 heterocycles. The molecule has 2 aromatic carbocycles. The molecule has 1 atom stereocenters. The summed E-state index contributed by atoms with van der Waals surface area (Å²) in [4.78, 5) is 17.1. The molecule has 0 radical (unpaired) electrons. The van der Waals surface area contributed by atoms with Gasteiger partial charge in [-0.2, -0.15) is 0 Å². The Bertz CT molecular complexity index is 1270. The van der Waals surface area contributed by atoms with Crippen molar-refractivity contribution in [1.82, 2.24) is 14.9 Å². The van der Waals surface area contributed by atoms with Crippen molar-refractivity contribution in [2.75, 3.05) is 0 Å². The molecule has 9 heteroatoms. The molecule has 1 unspecified atom stereocenters. The summed E-state index contributed by atoms with van der Waals surface area (Å²) in [6.07, 6.45) is 5.71. The maximum absolute atomic E-state index is 13.2. The average Bonchev–Trinajstić information content (AvgIpc) is 3.16. The van der Waals surface area contributed by atoms with E-state index in [1.165, 1.54) is 6.33 Å². The van der Waals surface area contributed by atoms with Crippen LogP contribution in [0, 0.1) is 5.41 Å². The van der Waals surface area contributed by atoms with Crippen LogP contribution in [0.4, 0.5) is 0 Å². The Morgan fingerprint density at radius 1 is 1.21 bits per heavy atom. The van der Waals surface area contributed by atoms with Gasteiger partial charge < -0.3 is 15.8 Å². The first-order chi connectivity index (χ1) is 16.3. The fourth-order valence-electron chi connectivity index (χ4n) is 3.03. The molecule has 34 heavy (non-hydrogen) atoms. The minimum atomic E-state index is -0.961. The molecule has 0 saturated heterocycles. The fraction of sp³-hybridized carbons (Fsp3) is 0.0800. The van der Waals surface area contributed by atoms with Crippen LogP contribution in [0.3, 0.4) is 0 Å². The summed E-state index contributed by atoms with van der Waals surface area (Å²) in [6.45, 7) is 5.75. The van der Waals surface area contributed by atoms with Crippen LogP contribution in [0.25, 0.3) is 5.70 Å². The zero-order chi connectivity index (χ0) is 24.7. The molecule has 3 rings (SSSR count). The number of amidine groups is 1. The summed E-state index contributed by atoms with van der Waals surface area (Å²) >= 11 is 12.1. The van der Waals surface area contributed by atoms with Gasteiger partial charge in [-0.05, 0) is 31.2 Å². The first-order valence-corrected chi connectivity index (χ1v) is 10.9. The van der Waals surface area contributed by atoms with E-state index in [1.807, 2.05) is 31.2 Å². The number of hydrogen-bond acceptors (Lipinski definition) is 4. The third-order valence-electron chi connectivity index (χ3n) is 4.72. The molecule has 1 aromatic heterocycles.